The molecule has 4 heteroatoms. The number of aromatic hydroxyl groups is 1. The van der Waals surface area contributed by atoms with Crippen LogP contribution in [0.25, 0.3) is 16.7 Å². The summed E-state index contributed by atoms with van der Waals surface area (Å²) >= 11 is 0. The van der Waals surface area contributed by atoms with Crippen molar-refractivity contribution < 1.29 is 5.11 Å². The molecule has 5 aromatic rings. The van der Waals surface area contributed by atoms with Gasteiger partial charge in [0.1, 0.15) is 22.5 Å². The highest BCUT2D eigenvalue weighted by Crippen LogP contribution is 2.47. The van der Waals surface area contributed by atoms with Crippen LogP contribution in [0.1, 0.15) is 49.9 Å². The highest BCUT2D eigenvalue weighted by atomic mass is 16.3. The van der Waals surface area contributed by atoms with E-state index in [4.69, 9.17) is 0 Å². The summed E-state index contributed by atoms with van der Waals surface area (Å²) < 4.78 is 0. The fourth-order valence-electron chi connectivity index (χ4n) is 4.87. The Balaban J connectivity index is 1.78. The molecule has 0 fully saturated rings. The van der Waals surface area contributed by atoms with Crippen LogP contribution >= 0.6 is 0 Å². The lowest BCUT2D eigenvalue weighted by atomic mass is 9.68. The number of hydrogen-bond donors (Lipinski definition) is 1. The van der Waals surface area contributed by atoms with Crippen molar-refractivity contribution in [1.82, 2.24) is 15.0 Å². The van der Waals surface area contributed by atoms with E-state index >= 15 is 0 Å². The lowest BCUT2D eigenvalue weighted by Gasteiger charge is -2.36. The summed E-state index contributed by atoms with van der Waals surface area (Å²) in [6.07, 6.45) is 0. The first-order chi connectivity index (χ1) is 16.3. The molecule has 0 amide bonds. The Morgan fingerprint density at radius 3 is 1.59 bits per heavy atom. The fraction of sp³-hybridized carbons (Fsp3) is 0.200. The molecule has 0 aliphatic rings. The summed E-state index contributed by atoms with van der Waals surface area (Å²) in [5, 5.41) is 21.1. The summed E-state index contributed by atoms with van der Waals surface area (Å²) in [7, 11) is 0. The average molecular weight is 448 g/mol. The monoisotopic (exact) mass is 447 g/mol. The van der Waals surface area contributed by atoms with Crippen LogP contribution in [0.2, 0.25) is 0 Å². The molecule has 5 rings (SSSR count). The molecule has 0 saturated heterocycles. The number of aromatic nitrogens is 3. The third kappa shape index (κ3) is 3.56. The third-order valence-electron chi connectivity index (χ3n) is 6.95. The van der Waals surface area contributed by atoms with E-state index in [2.05, 4.69) is 80.4 Å². The lowest BCUT2D eigenvalue weighted by Crippen LogP contribution is -2.28. The summed E-state index contributed by atoms with van der Waals surface area (Å²) in [6.45, 7) is 8.75. The topological polar surface area (TPSA) is 50.9 Å². The molecule has 0 radical (unpaired) electrons. The van der Waals surface area contributed by atoms with Gasteiger partial charge in [0.05, 0.1) is 0 Å². The van der Waals surface area contributed by atoms with Gasteiger partial charge >= 0.3 is 0 Å². The summed E-state index contributed by atoms with van der Waals surface area (Å²) in [5.74, 6) is 0.204. The molecule has 0 bridgehead atoms. The minimum absolute atomic E-state index is 0.204. The van der Waals surface area contributed by atoms with Crippen LogP contribution in [0.3, 0.4) is 0 Å². The molecule has 170 valence electrons. The molecule has 4 nitrogen and oxygen atoms in total. The molecule has 1 aromatic heterocycles. The van der Waals surface area contributed by atoms with E-state index < -0.39 is 5.41 Å². The van der Waals surface area contributed by atoms with Gasteiger partial charge in [-0.1, -0.05) is 107 Å². The number of phenolic OH excluding ortho intramolecular Hbond substituents is 1. The van der Waals surface area contributed by atoms with Gasteiger partial charge in [0.25, 0.3) is 0 Å². The van der Waals surface area contributed by atoms with Crippen LogP contribution < -0.4 is 0 Å². The zero-order valence-corrected chi connectivity index (χ0v) is 20.0. The highest BCUT2D eigenvalue weighted by Gasteiger charge is 2.36. The zero-order valence-electron chi connectivity index (χ0n) is 20.0. The van der Waals surface area contributed by atoms with E-state index in [1.807, 2.05) is 54.6 Å². The van der Waals surface area contributed by atoms with E-state index in [9.17, 15) is 5.11 Å². The minimum atomic E-state index is -0.463. The van der Waals surface area contributed by atoms with Gasteiger partial charge in [-0.05, 0) is 34.9 Å². The Labute approximate surface area is 200 Å². The van der Waals surface area contributed by atoms with E-state index in [-0.39, 0.29) is 11.2 Å². The van der Waals surface area contributed by atoms with E-state index in [0.29, 0.717) is 5.69 Å². The van der Waals surface area contributed by atoms with Crippen LogP contribution in [-0.4, -0.2) is 20.1 Å². The molecular formula is C30H29N3O. The van der Waals surface area contributed by atoms with Crippen molar-refractivity contribution in [2.75, 3.05) is 0 Å². The normalized spacial score (nSPS) is 12.2. The molecule has 0 saturated carbocycles. The maximum atomic E-state index is 11.9. The van der Waals surface area contributed by atoms with Crippen LogP contribution in [0.5, 0.6) is 5.75 Å². The maximum Gasteiger partial charge on any atom is 0.147 e. The third-order valence-corrected chi connectivity index (χ3v) is 6.95. The van der Waals surface area contributed by atoms with Gasteiger partial charge in [-0.2, -0.15) is 0 Å². The molecule has 34 heavy (non-hydrogen) atoms. The Hall–Kier alpha value is -3.92. The van der Waals surface area contributed by atoms with Gasteiger partial charge in [0.2, 0.25) is 0 Å². The molecule has 4 aromatic carbocycles. The Morgan fingerprint density at radius 1 is 0.588 bits per heavy atom. The van der Waals surface area contributed by atoms with Crippen LogP contribution in [0, 0.1) is 0 Å². The van der Waals surface area contributed by atoms with Gasteiger partial charge in [-0.3, -0.25) is 0 Å². The second-order valence-corrected chi connectivity index (χ2v) is 9.82. The Morgan fingerprint density at radius 2 is 1.06 bits per heavy atom. The number of hydrogen-bond acceptors (Lipinski definition) is 3. The first-order valence-corrected chi connectivity index (χ1v) is 11.6. The van der Waals surface area contributed by atoms with Crippen molar-refractivity contribution >= 4 is 11.0 Å². The zero-order chi connectivity index (χ0) is 23.9. The average Bonchev–Trinajstić information content (AvgIpc) is 3.28. The molecule has 1 N–H and O–H groups in total. The predicted molar refractivity (Wildman–Crippen MR) is 138 cm³/mol. The number of rotatable bonds is 5. The SMILES string of the molecule is CC(C)(c1ccccc1)c1ccc(-n2nc3ccccc3n2)c(O)c1C(C)(C)c1ccccc1. The molecular weight excluding hydrogens is 418 g/mol. The summed E-state index contributed by atoms with van der Waals surface area (Å²) in [4.78, 5) is 1.55. The van der Waals surface area contributed by atoms with Crippen LogP contribution in [0.4, 0.5) is 0 Å². The highest BCUT2D eigenvalue weighted by molar-refractivity contribution is 5.74. The van der Waals surface area contributed by atoms with Crippen molar-refractivity contribution in [2.24, 2.45) is 0 Å². The predicted octanol–water partition coefficient (Wildman–Crippen LogP) is 6.78. The first kappa shape index (κ1) is 21.9. The molecule has 0 spiro atoms. The standard InChI is InChI=1S/C30H29N3O/c1-29(2,21-13-7-5-8-14-21)23-19-20-26(33-31-24-17-11-12-18-25(24)32-33)28(34)27(23)30(3,4)22-15-9-6-10-16-22/h5-20,34H,1-4H3. The summed E-state index contributed by atoms with van der Waals surface area (Å²) in [5.41, 5.74) is 5.64. The largest absolute Gasteiger partial charge is 0.505 e. The maximum absolute atomic E-state index is 11.9. The second kappa shape index (κ2) is 8.14. The number of fused-ring (bicyclic) bond motifs is 1. The van der Waals surface area contributed by atoms with Gasteiger partial charge in [-0.15, -0.1) is 15.0 Å². The molecule has 1 heterocycles. The second-order valence-electron chi connectivity index (χ2n) is 9.82. The smallest absolute Gasteiger partial charge is 0.147 e. The molecule has 0 aliphatic heterocycles. The van der Waals surface area contributed by atoms with E-state index in [1.165, 1.54) is 5.56 Å². The number of phenols is 1. The molecule has 0 atom stereocenters. The first-order valence-electron chi connectivity index (χ1n) is 11.6. The minimum Gasteiger partial charge on any atom is -0.505 e. The number of benzene rings is 4. The lowest BCUT2D eigenvalue weighted by molar-refractivity contribution is 0.439. The van der Waals surface area contributed by atoms with Crippen LogP contribution in [-0.2, 0) is 10.8 Å². The van der Waals surface area contributed by atoms with Gasteiger partial charge in [0.15, 0.2) is 0 Å². The van der Waals surface area contributed by atoms with Crippen molar-refractivity contribution in [3.05, 3.63) is 119 Å². The van der Waals surface area contributed by atoms with E-state index in [1.54, 1.807) is 4.80 Å². The molecule has 0 aliphatic carbocycles. The quantitative estimate of drug-likeness (QED) is 0.323. The van der Waals surface area contributed by atoms with E-state index in [0.717, 1.165) is 27.7 Å². The Kier molecular flexibility index (Phi) is 5.24. The van der Waals surface area contributed by atoms with Crippen molar-refractivity contribution in [3.8, 4) is 11.4 Å². The van der Waals surface area contributed by atoms with Crippen molar-refractivity contribution in [2.45, 2.75) is 38.5 Å². The fourth-order valence-corrected chi connectivity index (χ4v) is 4.87. The van der Waals surface area contributed by atoms with Crippen LogP contribution in [0.15, 0.2) is 97.1 Å². The van der Waals surface area contributed by atoms with Gasteiger partial charge < -0.3 is 5.11 Å². The van der Waals surface area contributed by atoms with Crippen molar-refractivity contribution in [3.63, 3.8) is 0 Å². The van der Waals surface area contributed by atoms with Crippen molar-refractivity contribution in [1.29, 1.82) is 0 Å². The van der Waals surface area contributed by atoms with Gasteiger partial charge in [0, 0.05) is 16.4 Å². The van der Waals surface area contributed by atoms with Gasteiger partial charge in [-0.25, -0.2) is 0 Å². The summed E-state index contributed by atoms with van der Waals surface area (Å²) in [6, 6.07) is 32.6. The molecule has 0 unspecified atom stereocenters. The number of nitrogens with zero attached hydrogens (tertiary/aromatic N) is 3. The Bertz CT molecular complexity index is 1420.